The van der Waals surface area contributed by atoms with Gasteiger partial charge in [-0.15, -0.1) is 0 Å². The van der Waals surface area contributed by atoms with Gasteiger partial charge in [0.2, 0.25) is 0 Å². The fraction of sp³-hybridized carbons (Fsp3) is 0.517. The maximum Gasteiger partial charge on any atom is 0.333 e. The average molecular weight is 484 g/mol. The van der Waals surface area contributed by atoms with Gasteiger partial charge in [0, 0.05) is 19.5 Å². The third kappa shape index (κ3) is 11.0. The van der Waals surface area contributed by atoms with Crippen LogP contribution in [0.4, 0.5) is 0 Å². The quantitative estimate of drug-likeness (QED) is 0.300. The molecule has 2 aromatic carbocycles. The first-order chi connectivity index (χ1) is 16.9. The fourth-order valence-electron chi connectivity index (χ4n) is 3.74. The lowest BCUT2D eigenvalue weighted by Gasteiger charge is -2.23. The molecular formula is C29H41NO5. The lowest BCUT2D eigenvalue weighted by Crippen LogP contribution is -2.37. The van der Waals surface area contributed by atoms with E-state index < -0.39 is 12.1 Å². The van der Waals surface area contributed by atoms with Gasteiger partial charge < -0.3 is 19.5 Å². The minimum Gasteiger partial charge on any atom is -0.484 e. The SMILES string of the molecule is CCCCCCN(CCc1ccccc1)C(=O)COc1ccc(C[C@H](OC(C)CC)C(=O)O)cc1. The lowest BCUT2D eigenvalue weighted by molar-refractivity contribution is -0.153. The highest BCUT2D eigenvalue weighted by molar-refractivity contribution is 5.77. The largest absolute Gasteiger partial charge is 0.484 e. The monoisotopic (exact) mass is 483 g/mol. The van der Waals surface area contributed by atoms with Crippen molar-refractivity contribution in [2.24, 2.45) is 0 Å². The molecule has 0 aromatic heterocycles. The zero-order valence-corrected chi connectivity index (χ0v) is 21.4. The zero-order valence-electron chi connectivity index (χ0n) is 21.4. The summed E-state index contributed by atoms with van der Waals surface area (Å²) in [5.41, 5.74) is 2.06. The van der Waals surface area contributed by atoms with E-state index in [2.05, 4.69) is 19.1 Å². The van der Waals surface area contributed by atoms with Gasteiger partial charge in [0.25, 0.3) is 5.91 Å². The summed E-state index contributed by atoms with van der Waals surface area (Å²) in [4.78, 5) is 26.4. The van der Waals surface area contributed by atoms with Gasteiger partial charge in [0.05, 0.1) is 6.10 Å². The maximum absolute atomic E-state index is 12.9. The van der Waals surface area contributed by atoms with Crippen LogP contribution in [0.2, 0.25) is 0 Å². The molecule has 1 unspecified atom stereocenters. The Kier molecular flexibility index (Phi) is 12.9. The van der Waals surface area contributed by atoms with Crippen LogP contribution in [-0.4, -0.2) is 53.8 Å². The lowest BCUT2D eigenvalue weighted by atomic mass is 10.1. The zero-order chi connectivity index (χ0) is 25.5. The fourth-order valence-corrected chi connectivity index (χ4v) is 3.74. The number of carboxylic acid groups (broad SMARTS) is 1. The van der Waals surface area contributed by atoms with E-state index >= 15 is 0 Å². The summed E-state index contributed by atoms with van der Waals surface area (Å²) in [7, 11) is 0. The third-order valence-electron chi connectivity index (χ3n) is 6.10. The smallest absolute Gasteiger partial charge is 0.333 e. The van der Waals surface area contributed by atoms with Crippen molar-refractivity contribution in [1.82, 2.24) is 4.90 Å². The Balaban J connectivity index is 1.90. The molecule has 2 atom stereocenters. The van der Waals surface area contributed by atoms with Gasteiger partial charge in [0.15, 0.2) is 12.7 Å². The van der Waals surface area contributed by atoms with E-state index in [-0.39, 0.29) is 25.0 Å². The number of ether oxygens (including phenoxy) is 2. The summed E-state index contributed by atoms with van der Waals surface area (Å²) in [6.07, 6.45) is 5.30. The Hall–Kier alpha value is -2.86. The molecule has 2 rings (SSSR count). The third-order valence-corrected chi connectivity index (χ3v) is 6.10. The van der Waals surface area contributed by atoms with Crippen LogP contribution in [0.25, 0.3) is 0 Å². The maximum atomic E-state index is 12.9. The highest BCUT2D eigenvalue weighted by Gasteiger charge is 2.21. The Morgan fingerprint density at radius 1 is 0.914 bits per heavy atom. The topological polar surface area (TPSA) is 76.1 Å². The molecule has 0 spiro atoms. The van der Waals surface area contributed by atoms with Gasteiger partial charge in [0.1, 0.15) is 5.75 Å². The van der Waals surface area contributed by atoms with Gasteiger partial charge in [-0.2, -0.15) is 0 Å². The Labute approximate surface area is 210 Å². The first-order valence-electron chi connectivity index (χ1n) is 12.8. The van der Waals surface area contributed by atoms with Gasteiger partial charge in [-0.3, -0.25) is 4.79 Å². The molecule has 6 nitrogen and oxygen atoms in total. The predicted octanol–water partition coefficient (Wildman–Crippen LogP) is 5.53. The van der Waals surface area contributed by atoms with Crippen LogP contribution in [0.5, 0.6) is 5.75 Å². The summed E-state index contributed by atoms with van der Waals surface area (Å²) in [6.45, 7) is 7.40. The highest BCUT2D eigenvalue weighted by Crippen LogP contribution is 2.16. The van der Waals surface area contributed by atoms with Crippen LogP contribution in [0.1, 0.15) is 64.0 Å². The average Bonchev–Trinajstić information content (AvgIpc) is 2.87. The standard InChI is InChI=1S/C29H41NO5/c1-4-6-7-11-19-30(20-18-24-12-9-8-10-13-24)28(31)22-34-26-16-14-25(15-17-26)21-27(29(32)33)35-23(3)5-2/h8-10,12-17,23,27H,4-7,11,18-22H2,1-3H3,(H,32,33)/t23?,27-/m0/s1. The normalized spacial score (nSPS) is 12.7. The summed E-state index contributed by atoms with van der Waals surface area (Å²) >= 11 is 0. The Bertz CT molecular complexity index is 868. The number of unbranched alkanes of at least 4 members (excludes halogenated alkanes) is 3. The van der Waals surface area contributed by atoms with Crippen LogP contribution in [0.3, 0.4) is 0 Å². The molecule has 6 heteroatoms. The molecule has 1 N–H and O–H groups in total. The summed E-state index contributed by atoms with van der Waals surface area (Å²) in [5, 5.41) is 9.45. The molecule has 2 aromatic rings. The van der Waals surface area contributed by atoms with E-state index in [9.17, 15) is 14.7 Å². The van der Waals surface area contributed by atoms with Crippen LogP contribution in [0.15, 0.2) is 54.6 Å². The molecule has 0 aliphatic heterocycles. The minimum absolute atomic E-state index is 0.0171. The Morgan fingerprint density at radius 3 is 2.26 bits per heavy atom. The number of rotatable bonds is 17. The van der Waals surface area contributed by atoms with Gasteiger partial charge in [-0.25, -0.2) is 4.79 Å². The van der Waals surface area contributed by atoms with E-state index in [1.54, 1.807) is 12.1 Å². The molecule has 0 saturated heterocycles. The van der Waals surface area contributed by atoms with Crippen molar-refractivity contribution in [1.29, 1.82) is 0 Å². The van der Waals surface area contributed by atoms with E-state index in [1.165, 1.54) is 12.0 Å². The summed E-state index contributed by atoms with van der Waals surface area (Å²) in [5.74, 6) is -0.397. The molecule has 0 heterocycles. The van der Waals surface area contributed by atoms with Crippen LogP contribution in [-0.2, 0) is 27.2 Å². The number of carbonyl (C=O) groups excluding carboxylic acids is 1. The Morgan fingerprint density at radius 2 is 1.63 bits per heavy atom. The van der Waals surface area contributed by atoms with Crippen LogP contribution in [0, 0.1) is 0 Å². The van der Waals surface area contributed by atoms with Gasteiger partial charge >= 0.3 is 5.97 Å². The number of hydrogen-bond donors (Lipinski definition) is 1. The van der Waals surface area contributed by atoms with Crippen LogP contribution < -0.4 is 4.74 Å². The first kappa shape index (κ1) is 28.4. The minimum atomic E-state index is -0.967. The molecular weight excluding hydrogens is 442 g/mol. The van der Waals surface area contributed by atoms with Crippen molar-refractivity contribution in [3.63, 3.8) is 0 Å². The van der Waals surface area contributed by atoms with Crippen molar-refractivity contribution in [2.45, 2.75) is 77.9 Å². The number of carboxylic acids is 1. The molecule has 0 fully saturated rings. The molecule has 35 heavy (non-hydrogen) atoms. The molecule has 0 radical (unpaired) electrons. The summed E-state index contributed by atoms with van der Waals surface area (Å²) in [6, 6.07) is 17.4. The van der Waals surface area contributed by atoms with Crippen molar-refractivity contribution in [3.05, 3.63) is 65.7 Å². The van der Waals surface area contributed by atoms with Crippen molar-refractivity contribution >= 4 is 11.9 Å². The summed E-state index contributed by atoms with van der Waals surface area (Å²) < 4.78 is 11.4. The predicted molar refractivity (Wildman–Crippen MR) is 139 cm³/mol. The molecule has 0 aliphatic carbocycles. The van der Waals surface area contributed by atoms with Crippen molar-refractivity contribution in [3.8, 4) is 5.75 Å². The molecule has 0 aliphatic rings. The van der Waals surface area contributed by atoms with E-state index in [4.69, 9.17) is 9.47 Å². The van der Waals surface area contributed by atoms with E-state index in [1.807, 2.05) is 49.1 Å². The second-order valence-corrected chi connectivity index (χ2v) is 9.00. The first-order valence-corrected chi connectivity index (χ1v) is 12.8. The van der Waals surface area contributed by atoms with Crippen molar-refractivity contribution in [2.75, 3.05) is 19.7 Å². The molecule has 192 valence electrons. The number of nitrogens with zero attached hydrogens (tertiary/aromatic N) is 1. The van der Waals surface area contributed by atoms with E-state index in [0.717, 1.165) is 44.2 Å². The highest BCUT2D eigenvalue weighted by atomic mass is 16.5. The number of amides is 1. The van der Waals surface area contributed by atoms with E-state index in [0.29, 0.717) is 12.3 Å². The van der Waals surface area contributed by atoms with Crippen LogP contribution >= 0.6 is 0 Å². The van der Waals surface area contributed by atoms with Gasteiger partial charge in [-0.1, -0.05) is 75.6 Å². The molecule has 1 amide bonds. The number of aliphatic carboxylic acids is 1. The second-order valence-electron chi connectivity index (χ2n) is 9.00. The van der Waals surface area contributed by atoms with Gasteiger partial charge in [-0.05, 0) is 49.4 Å². The number of benzene rings is 2. The number of carbonyl (C=O) groups is 2. The second kappa shape index (κ2) is 15.9. The van der Waals surface area contributed by atoms with Crippen molar-refractivity contribution < 1.29 is 24.2 Å². The molecule has 0 bridgehead atoms. The number of hydrogen-bond acceptors (Lipinski definition) is 4. The molecule has 0 saturated carbocycles.